The first-order valence-electron chi connectivity index (χ1n) is 5.89. The molecule has 1 aliphatic heterocycles. The molecule has 1 amide bonds. The molecule has 0 aliphatic carbocycles. The molecular formula is C12H15N3O2S. The quantitative estimate of drug-likeness (QED) is 0.842. The second-order valence-corrected chi connectivity index (χ2v) is 5.01. The molecule has 1 aromatic heterocycles. The van der Waals surface area contributed by atoms with Crippen molar-refractivity contribution < 1.29 is 9.53 Å². The van der Waals surface area contributed by atoms with Crippen molar-refractivity contribution >= 4 is 22.2 Å². The monoisotopic (exact) mass is 265 g/mol. The number of carbonyl (C=O) groups excluding carboxylic acids is 1. The Bertz CT molecular complexity index is 446. The van der Waals surface area contributed by atoms with Gasteiger partial charge in [0.2, 0.25) is 5.91 Å². The van der Waals surface area contributed by atoms with Crippen LogP contribution < -0.4 is 10.6 Å². The summed E-state index contributed by atoms with van der Waals surface area (Å²) < 4.78 is 5.44. The van der Waals surface area contributed by atoms with Crippen LogP contribution in [0.2, 0.25) is 0 Å². The molecule has 18 heavy (non-hydrogen) atoms. The molecule has 0 radical (unpaired) electrons. The van der Waals surface area contributed by atoms with Crippen molar-refractivity contribution in [2.45, 2.75) is 18.9 Å². The van der Waals surface area contributed by atoms with Gasteiger partial charge in [0.25, 0.3) is 0 Å². The Morgan fingerprint density at radius 1 is 1.67 bits per heavy atom. The fourth-order valence-electron chi connectivity index (χ4n) is 1.82. The standard InChI is InChI=1S/C12H15N3O2S/c13-6-9-3-5-18-12(9)15-11(16)8-14-7-10-2-1-4-17-10/h3,5,10,14H,1-2,4,7-8H2,(H,15,16)/t10-/m0/s1. The van der Waals surface area contributed by atoms with Crippen LogP contribution >= 0.6 is 11.3 Å². The number of ether oxygens (including phenoxy) is 1. The highest BCUT2D eigenvalue weighted by Crippen LogP contribution is 2.21. The number of thiophene rings is 1. The highest BCUT2D eigenvalue weighted by Gasteiger charge is 2.15. The predicted molar refractivity (Wildman–Crippen MR) is 69.5 cm³/mol. The Labute approximate surface area is 110 Å². The average molecular weight is 265 g/mol. The van der Waals surface area contributed by atoms with Crippen LogP contribution in [0.4, 0.5) is 5.00 Å². The largest absolute Gasteiger partial charge is 0.377 e. The van der Waals surface area contributed by atoms with Gasteiger partial charge in [0, 0.05) is 13.2 Å². The van der Waals surface area contributed by atoms with Gasteiger partial charge in [-0.2, -0.15) is 5.26 Å². The molecule has 1 fully saturated rings. The molecule has 1 saturated heterocycles. The second-order valence-electron chi connectivity index (χ2n) is 4.09. The summed E-state index contributed by atoms with van der Waals surface area (Å²) in [5, 5.41) is 17.0. The van der Waals surface area contributed by atoms with E-state index in [0.717, 1.165) is 19.4 Å². The second kappa shape index (κ2) is 6.50. The number of carbonyl (C=O) groups is 1. The summed E-state index contributed by atoms with van der Waals surface area (Å²) in [6.07, 6.45) is 2.38. The fourth-order valence-corrected chi connectivity index (χ4v) is 2.57. The zero-order valence-corrected chi connectivity index (χ0v) is 10.8. The fraction of sp³-hybridized carbons (Fsp3) is 0.500. The van der Waals surface area contributed by atoms with Crippen LogP contribution in [0.3, 0.4) is 0 Å². The number of hydrogen-bond donors (Lipinski definition) is 2. The van der Waals surface area contributed by atoms with Crippen molar-refractivity contribution in [2.75, 3.05) is 25.0 Å². The molecule has 0 unspecified atom stereocenters. The van der Waals surface area contributed by atoms with Crippen LogP contribution in [-0.4, -0.2) is 31.7 Å². The van der Waals surface area contributed by atoms with Crippen molar-refractivity contribution in [1.29, 1.82) is 5.26 Å². The Morgan fingerprint density at radius 3 is 3.28 bits per heavy atom. The van der Waals surface area contributed by atoms with Gasteiger partial charge in [0.15, 0.2) is 0 Å². The first kappa shape index (κ1) is 13.0. The third-order valence-corrected chi connectivity index (χ3v) is 3.55. The molecule has 1 aliphatic rings. The maximum absolute atomic E-state index is 11.6. The number of amides is 1. The molecule has 0 saturated carbocycles. The summed E-state index contributed by atoms with van der Waals surface area (Å²) in [4.78, 5) is 11.6. The zero-order valence-electron chi connectivity index (χ0n) is 9.94. The number of anilines is 1. The van der Waals surface area contributed by atoms with E-state index in [1.807, 2.05) is 6.07 Å². The SMILES string of the molecule is N#Cc1ccsc1NC(=O)CNC[C@@H]1CCCO1. The van der Waals surface area contributed by atoms with Gasteiger partial charge in [-0.3, -0.25) is 4.79 Å². The lowest BCUT2D eigenvalue weighted by atomic mass is 10.2. The van der Waals surface area contributed by atoms with Gasteiger partial charge in [0.05, 0.1) is 18.2 Å². The topological polar surface area (TPSA) is 74.2 Å². The minimum atomic E-state index is -0.132. The minimum absolute atomic E-state index is 0.132. The van der Waals surface area contributed by atoms with E-state index in [-0.39, 0.29) is 18.6 Å². The van der Waals surface area contributed by atoms with E-state index in [1.54, 1.807) is 11.4 Å². The molecule has 2 rings (SSSR count). The summed E-state index contributed by atoms with van der Waals surface area (Å²) in [7, 11) is 0. The average Bonchev–Trinajstić information content (AvgIpc) is 3.00. The van der Waals surface area contributed by atoms with Crippen LogP contribution in [-0.2, 0) is 9.53 Å². The molecule has 0 aromatic carbocycles. The van der Waals surface area contributed by atoms with E-state index in [9.17, 15) is 4.79 Å². The first-order chi connectivity index (χ1) is 8.79. The first-order valence-corrected chi connectivity index (χ1v) is 6.77. The summed E-state index contributed by atoms with van der Waals surface area (Å²) >= 11 is 1.35. The third kappa shape index (κ3) is 3.53. The smallest absolute Gasteiger partial charge is 0.238 e. The summed E-state index contributed by atoms with van der Waals surface area (Å²) in [5.41, 5.74) is 0.507. The minimum Gasteiger partial charge on any atom is -0.377 e. The molecule has 2 N–H and O–H groups in total. The molecule has 1 atom stereocenters. The van der Waals surface area contributed by atoms with E-state index in [4.69, 9.17) is 10.00 Å². The zero-order chi connectivity index (χ0) is 12.8. The molecule has 5 nitrogen and oxygen atoms in total. The Morgan fingerprint density at radius 2 is 2.56 bits per heavy atom. The van der Waals surface area contributed by atoms with Crippen LogP contribution in [0.1, 0.15) is 18.4 Å². The number of nitrogens with one attached hydrogen (secondary N) is 2. The van der Waals surface area contributed by atoms with Crippen LogP contribution in [0, 0.1) is 11.3 Å². The van der Waals surface area contributed by atoms with Gasteiger partial charge in [0.1, 0.15) is 11.1 Å². The highest BCUT2D eigenvalue weighted by molar-refractivity contribution is 7.14. The molecule has 0 spiro atoms. The number of nitrogens with zero attached hydrogens (tertiary/aromatic N) is 1. The van der Waals surface area contributed by atoms with Crippen molar-refractivity contribution in [2.24, 2.45) is 0 Å². The number of hydrogen-bond acceptors (Lipinski definition) is 5. The van der Waals surface area contributed by atoms with Gasteiger partial charge < -0.3 is 15.4 Å². The lowest BCUT2D eigenvalue weighted by molar-refractivity contribution is -0.115. The van der Waals surface area contributed by atoms with Crippen molar-refractivity contribution in [3.05, 3.63) is 17.0 Å². The molecule has 1 aromatic rings. The Kier molecular flexibility index (Phi) is 4.70. The van der Waals surface area contributed by atoms with E-state index < -0.39 is 0 Å². The maximum Gasteiger partial charge on any atom is 0.238 e. The molecule has 2 heterocycles. The number of nitriles is 1. The number of rotatable bonds is 5. The van der Waals surface area contributed by atoms with E-state index >= 15 is 0 Å². The summed E-state index contributed by atoms with van der Waals surface area (Å²) in [6, 6.07) is 3.73. The lowest BCUT2D eigenvalue weighted by Gasteiger charge is -2.10. The van der Waals surface area contributed by atoms with Gasteiger partial charge in [-0.1, -0.05) is 0 Å². The van der Waals surface area contributed by atoms with Gasteiger partial charge in [-0.05, 0) is 24.3 Å². The highest BCUT2D eigenvalue weighted by atomic mass is 32.1. The summed E-state index contributed by atoms with van der Waals surface area (Å²) in [6.45, 7) is 1.75. The van der Waals surface area contributed by atoms with Crippen molar-refractivity contribution in [3.63, 3.8) is 0 Å². The Hall–Kier alpha value is -1.42. The normalized spacial score (nSPS) is 18.5. The third-order valence-electron chi connectivity index (χ3n) is 2.72. The maximum atomic E-state index is 11.6. The van der Waals surface area contributed by atoms with E-state index in [0.29, 0.717) is 17.1 Å². The van der Waals surface area contributed by atoms with Crippen molar-refractivity contribution in [3.8, 4) is 6.07 Å². The van der Waals surface area contributed by atoms with E-state index in [2.05, 4.69) is 10.6 Å². The Balaban J connectivity index is 1.70. The van der Waals surface area contributed by atoms with E-state index in [1.165, 1.54) is 11.3 Å². The molecular weight excluding hydrogens is 250 g/mol. The van der Waals surface area contributed by atoms with Gasteiger partial charge >= 0.3 is 0 Å². The lowest BCUT2D eigenvalue weighted by Crippen LogP contribution is -2.33. The van der Waals surface area contributed by atoms with Gasteiger partial charge in [-0.25, -0.2) is 0 Å². The molecule has 6 heteroatoms. The molecule has 96 valence electrons. The van der Waals surface area contributed by atoms with Crippen LogP contribution in [0.25, 0.3) is 0 Å². The predicted octanol–water partition coefficient (Wildman–Crippen LogP) is 1.33. The van der Waals surface area contributed by atoms with Crippen LogP contribution in [0.5, 0.6) is 0 Å². The van der Waals surface area contributed by atoms with Crippen molar-refractivity contribution in [1.82, 2.24) is 5.32 Å². The summed E-state index contributed by atoms with van der Waals surface area (Å²) in [5.74, 6) is -0.132. The van der Waals surface area contributed by atoms with Gasteiger partial charge in [-0.15, -0.1) is 11.3 Å². The molecule has 0 bridgehead atoms. The van der Waals surface area contributed by atoms with Crippen LogP contribution in [0.15, 0.2) is 11.4 Å².